The summed E-state index contributed by atoms with van der Waals surface area (Å²) in [6.07, 6.45) is 0. The van der Waals surface area contributed by atoms with Gasteiger partial charge in [-0.3, -0.25) is 4.79 Å². The number of amides is 1. The van der Waals surface area contributed by atoms with E-state index in [1.165, 1.54) is 28.2 Å². The van der Waals surface area contributed by atoms with E-state index in [2.05, 4.69) is 20.4 Å². The number of carbonyl (C=O) groups is 1. The molecule has 2 heterocycles. The molecule has 0 aliphatic carbocycles. The lowest BCUT2D eigenvalue weighted by molar-refractivity contribution is -0.116. The first-order valence-corrected chi connectivity index (χ1v) is 7.92. The summed E-state index contributed by atoms with van der Waals surface area (Å²) in [7, 11) is 0. The lowest BCUT2D eigenvalue weighted by atomic mass is 10.2. The Morgan fingerprint density at radius 1 is 1.26 bits per heavy atom. The van der Waals surface area contributed by atoms with Crippen LogP contribution in [0.1, 0.15) is 0 Å². The first-order chi connectivity index (χ1) is 11.0. The van der Waals surface area contributed by atoms with Gasteiger partial charge in [-0.2, -0.15) is 4.98 Å². The topological polar surface area (TPSA) is 72.7 Å². The zero-order chi connectivity index (χ0) is 16.4. The van der Waals surface area contributed by atoms with Crippen LogP contribution in [0.25, 0.3) is 11.3 Å². The van der Waals surface area contributed by atoms with Crippen molar-refractivity contribution < 1.29 is 9.18 Å². The number of thiazole rings is 1. The second-order valence-corrected chi connectivity index (χ2v) is 5.93. The zero-order valence-electron chi connectivity index (χ0n) is 11.3. The van der Waals surface area contributed by atoms with E-state index in [0.29, 0.717) is 10.8 Å². The van der Waals surface area contributed by atoms with Crippen LogP contribution >= 0.6 is 34.5 Å². The van der Waals surface area contributed by atoms with E-state index in [9.17, 15) is 9.18 Å². The molecule has 1 amide bonds. The van der Waals surface area contributed by atoms with Crippen molar-refractivity contribution >= 4 is 45.6 Å². The first-order valence-electron chi connectivity index (χ1n) is 6.28. The second kappa shape index (κ2) is 6.61. The molecule has 3 aromatic rings. The van der Waals surface area contributed by atoms with Gasteiger partial charge in [0, 0.05) is 10.9 Å². The Morgan fingerprint density at radius 3 is 2.65 bits per heavy atom. The van der Waals surface area contributed by atoms with Crippen LogP contribution in [0, 0.1) is 5.82 Å². The van der Waals surface area contributed by atoms with Crippen LogP contribution in [0.5, 0.6) is 0 Å². The maximum Gasteiger partial charge on any atom is 0.248 e. The predicted octanol–water partition coefficient (Wildman–Crippen LogP) is 3.49. The van der Waals surface area contributed by atoms with Gasteiger partial charge in [0.25, 0.3) is 0 Å². The van der Waals surface area contributed by atoms with Gasteiger partial charge < -0.3 is 5.32 Å². The van der Waals surface area contributed by atoms with Gasteiger partial charge in [0.05, 0.1) is 5.69 Å². The number of halogens is 3. The first kappa shape index (κ1) is 15.9. The summed E-state index contributed by atoms with van der Waals surface area (Å²) in [5, 5.41) is 8.58. The molecule has 0 saturated heterocycles. The van der Waals surface area contributed by atoms with Crippen molar-refractivity contribution in [3.63, 3.8) is 0 Å². The van der Waals surface area contributed by atoms with E-state index in [-0.39, 0.29) is 28.8 Å². The van der Waals surface area contributed by atoms with Crippen molar-refractivity contribution in [2.24, 2.45) is 0 Å². The molecule has 0 aliphatic heterocycles. The van der Waals surface area contributed by atoms with Crippen LogP contribution in [-0.2, 0) is 11.3 Å². The number of benzene rings is 1. The van der Waals surface area contributed by atoms with Crippen LogP contribution in [0.4, 0.5) is 9.52 Å². The van der Waals surface area contributed by atoms with E-state index >= 15 is 0 Å². The number of hydrogen-bond acceptors (Lipinski definition) is 5. The van der Waals surface area contributed by atoms with Crippen LogP contribution in [0.15, 0.2) is 29.6 Å². The minimum Gasteiger partial charge on any atom is -0.300 e. The third kappa shape index (κ3) is 3.84. The molecule has 2 aromatic heterocycles. The molecule has 0 saturated carbocycles. The molecule has 0 aliphatic rings. The van der Waals surface area contributed by atoms with Gasteiger partial charge in [0.15, 0.2) is 5.13 Å². The predicted molar refractivity (Wildman–Crippen MR) is 86.2 cm³/mol. The highest BCUT2D eigenvalue weighted by atomic mass is 35.5. The molecule has 6 nitrogen and oxygen atoms in total. The molecule has 1 N–H and O–H groups in total. The number of rotatable bonds is 4. The average molecular weight is 372 g/mol. The molecule has 0 bridgehead atoms. The molecule has 23 heavy (non-hydrogen) atoms. The quantitative estimate of drug-likeness (QED) is 0.761. The van der Waals surface area contributed by atoms with Crippen molar-refractivity contribution in [2.75, 3.05) is 5.32 Å². The summed E-state index contributed by atoms with van der Waals surface area (Å²) < 4.78 is 14.1. The Hall–Kier alpha value is -2.03. The molecule has 10 heteroatoms. The Kier molecular flexibility index (Phi) is 4.56. The van der Waals surface area contributed by atoms with Gasteiger partial charge in [0.2, 0.25) is 16.5 Å². The third-order valence-electron chi connectivity index (χ3n) is 2.78. The number of hydrogen-bond donors (Lipinski definition) is 1. The fraction of sp³-hybridized carbons (Fsp3) is 0.0769. The molecule has 3 rings (SSSR count). The number of carbonyl (C=O) groups excluding carboxylic acids is 1. The molecule has 0 fully saturated rings. The van der Waals surface area contributed by atoms with E-state index in [4.69, 9.17) is 23.2 Å². The fourth-order valence-corrected chi connectivity index (χ4v) is 2.90. The van der Waals surface area contributed by atoms with E-state index in [0.717, 1.165) is 5.56 Å². The standard InChI is InChI=1S/C13H8Cl2FN5OS/c14-11-19-12(15)21(20-11)5-10(22)18-13-17-9(6-23-13)7-1-3-8(16)4-2-7/h1-4,6H,5H2,(H,17,18,22). The van der Waals surface area contributed by atoms with Gasteiger partial charge in [0.1, 0.15) is 12.4 Å². The summed E-state index contributed by atoms with van der Waals surface area (Å²) in [6, 6.07) is 5.94. The van der Waals surface area contributed by atoms with Gasteiger partial charge in [-0.1, -0.05) is 0 Å². The third-order valence-corrected chi connectivity index (χ3v) is 3.98. The fourth-order valence-electron chi connectivity index (χ4n) is 1.78. The van der Waals surface area contributed by atoms with Crippen molar-refractivity contribution in [2.45, 2.75) is 6.54 Å². The van der Waals surface area contributed by atoms with Gasteiger partial charge in [-0.25, -0.2) is 14.1 Å². The van der Waals surface area contributed by atoms with Crippen molar-refractivity contribution in [3.05, 3.63) is 46.0 Å². The SMILES string of the molecule is O=C(Cn1nc(Cl)nc1Cl)Nc1nc(-c2ccc(F)cc2)cs1. The second-order valence-electron chi connectivity index (χ2n) is 4.40. The summed E-state index contributed by atoms with van der Waals surface area (Å²) in [6.45, 7) is -0.135. The lowest BCUT2D eigenvalue weighted by Gasteiger charge is -2.02. The largest absolute Gasteiger partial charge is 0.300 e. The van der Waals surface area contributed by atoms with Crippen LogP contribution in [-0.4, -0.2) is 25.7 Å². The number of nitrogens with zero attached hydrogens (tertiary/aromatic N) is 4. The molecular weight excluding hydrogens is 364 g/mol. The van der Waals surface area contributed by atoms with E-state index in [1.807, 2.05) is 0 Å². The van der Waals surface area contributed by atoms with Crippen LogP contribution in [0.2, 0.25) is 10.6 Å². The highest BCUT2D eigenvalue weighted by molar-refractivity contribution is 7.14. The average Bonchev–Trinajstić information content (AvgIpc) is 3.07. The maximum absolute atomic E-state index is 12.9. The lowest BCUT2D eigenvalue weighted by Crippen LogP contribution is -2.19. The molecule has 0 unspecified atom stereocenters. The molecule has 0 spiro atoms. The molecule has 1 aromatic carbocycles. The monoisotopic (exact) mass is 371 g/mol. The summed E-state index contributed by atoms with van der Waals surface area (Å²) in [4.78, 5) is 19.9. The minimum absolute atomic E-state index is 0.0243. The van der Waals surface area contributed by atoms with Gasteiger partial charge in [-0.05, 0) is 47.5 Å². The molecule has 118 valence electrons. The van der Waals surface area contributed by atoms with Crippen LogP contribution < -0.4 is 5.32 Å². The summed E-state index contributed by atoms with van der Waals surface area (Å²) in [5.41, 5.74) is 1.40. The number of nitrogens with one attached hydrogen (secondary N) is 1. The maximum atomic E-state index is 12.9. The van der Waals surface area contributed by atoms with Gasteiger partial charge in [-0.15, -0.1) is 16.4 Å². The molecular formula is C13H8Cl2FN5OS. The highest BCUT2D eigenvalue weighted by Gasteiger charge is 2.12. The summed E-state index contributed by atoms with van der Waals surface area (Å²) >= 11 is 12.6. The van der Waals surface area contributed by atoms with Crippen molar-refractivity contribution in [1.29, 1.82) is 0 Å². The van der Waals surface area contributed by atoms with Crippen molar-refractivity contribution in [1.82, 2.24) is 19.7 Å². The molecule has 0 atom stereocenters. The Morgan fingerprint density at radius 2 is 2.00 bits per heavy atom. The molecule has 0 radical (unpaired) electrons. The number of anilines is 1. The Bertz CT molecular complexity index is 848. The summed E-state index contributed by atoms with van der Waals surface area (Å²) in [5.74, 6) is -0.686. The van der Waals surface area contributed by atoms with E-state index < -0.39 is 0 Å². The highest BCUT2D eigenvalue weighted by Crippen LogP contribution is 2.25. The van der Waals surface area contributed by atoms with Crippen molar-refractivity contribution in [3.8, 4) is 11.3 Å². The Labute approximate surface area is 143 Å². The van der Waals surface area contributed by atoms with E-state index in [1.54, 1.807) is 17.5 Å². The minimum atomic E-state index is -0.367. The van der Waals surface area contributed by atoms with Crippen LogP contribution in [0.3, 0.4) is 0 Å². The normalized spacial score (nSPS) is 10.7. The smallest absolute Gasteiger partial charge is 0.248 e. The van der Waals surface area contributed by atoms with Gasteiger partial charge >= 0.3 is 0 Å². The Balaban J connectivity index is 1.68. The zero-order valence-corrected chi connectivity index (χ0v) is 13.7. The number of aromatic nitrogens is 4.